The minimum absolute atomic E-state index is 0.389. The van der Waals surface area contributed by atoms with Crippen LogP contribution in [0.1, 0.15) is 0 Å². The first-order valence-electron chi connectivity index (χ1n) is 1.93. The van der Waals surface area contributed by atoms with E-state index in [1.807, 2.05) is 0 Å². The van der Waals surface area contributed by atoms with Crippen LogP contribution in [0.15, 0.2) is 21.1 Å². The van der Waals surface area contributed by atoms with Gasteiger partial charge in [0.25, 0.3) is 4.87 Å². The lowest BCUT2D eigenvalue weighted by atomic mass is 11.1. The van der Waals surface area contributed by atoms with Gasteiger partial charge in [0.15, 0.2) is 0 Å². The van der Waals surface area contributed by atoms with Gasteiger partial charge in [-0.3, -0.25) is 4.79 Å². The van der Waals surface area contributed by atoms with E-state index in [1.165, 1.54) is 17.6 Å². The maximum atomic E-state index is 9.65. The van der Waals surface area contributed by atoms with Crippen molar-refractivity contribution in [2.45, 2.75) is 0 Å². The SMILES string of the molecule is O=CN=c1occs1. The Hall–Kier alpha value is -0.900. The van der Waals surface area contributed by atoms with E-state index in [1.54, 1.807) is 5.38 Å². The van der Waals surface area contributed by atoms with E-state index in [9.17, 15) is 4.79 Å². The summed E-state index contributed by atoms with van der Waals surface area (Å²) in [6, 6.07) is 0. The van der Waals surface area contributed by atoms with E-state index in [0.29, 0.717) is 11.3 Å². The van der Waals surface area contributed by atoms with Crippen molar-refractivity contribution < 1.29 is 9.21 Å². The molecule has 1 heterocycles. The zero-order chi connectivity index (χ0) is 5.82. The molecule has 0 radical (unpaired) electrons. The molecular formula is C4H3NO2S. The minimum atomic E-state index is 0.389. The van der Waals surface area contributed by atoms with Crippen LogP contribution in [0.2, 0.25) is 0 Å². The second-order valence-corrected chi connectivity index (χ2v) is 1.87. The van der Waals surface area contributed by atoms with Crippen LogP contribution in [-0.2, 0) is 4.79 Å². The molecule has 0 saturated heterocycles. The molecule has 0 aliphatic heterocycles. The first kappa shape index (κ1) is 5.24. The van der Waals surface area contributed by atoms with Crippen molar-refractivity contribution in [3.8, 4) is 0 Å². The van der Waals surface area contributed by atoms with Crippen molar-refractivity contribution in [3.63, 3.8) is 0 Å². The molecule has 0 aliphatic carbocycles. The van der Waals surface area contributed by atoms with E-state index in [-0.39, 0.29) is 0 Å². The molecule has 0 N–H and O–H groups in total. The molecule has 3 nitrogen and oxygen atoms in total. The van der Waals surface area contributed by atoms with Gasteiger partial charge in [-0.15, -0.1) is 0 Å². The van der Waals surface area contributed by atoms with Gasteiger partial charge in [-0.2, -0.15) is 4.99 Å². The number of hydrogen-bond donors (Lipinski definition) is 0. The molecule has 0 saturated carbocycles. The molecule has 1 aromatic rings. The van der Waals surface area contributed by atoms with Gasteiger partial charge in [-0.25, -0.2) is 0 Å². The Balaban J connectivity index is 3.08. The van der Waals surface area contributed by atoms with Crippen molar-refractivity contribution in [1.82, 2.24) is 0 Å². The van der Waals surface area contributed by atoms with Crippen LogP contribution in [0.25, 0.3) is 0 Å². The predicted octanol–water partition coefficient (Wildman–Crippen LogP) is 0.398. The third-order valence-corrected chi connectivity index (χ3v) is 1.20. The molecule has 0 atom stereocenters. The molecule has 0 aromatic carbocycles. The first-order valence-corrected chi connectivity index (χ1v) is 2.81. The highest BCUT2D eigenvalue weighted by Gasteiger charge is 1.77. The molecule has 8 heavy (non-hydrogen) atoms. The molecule has 42 valence electrons. The number of rotatable bonds is 1. The number of carbonyl (C=O) groups excluding carboxylic acids is 1. The zero-order valence-corrected chi connectivity index (χ0v) is 4.72. The second-order valence-electron chi connectivity index (χ2n) is 1.01. The van der Waals surface area contributed by atoms with E-state index in [2.05, 4.69) is 4.99 Å². The highest BCUT2D eigenvalue weighted by atomic mass is 32.1. The molecule has 1 aromatic heterocycles. The lowest BCUT2D eigenvalue weighted by molar-refractivity contribution is -0.107. The van der Waals surface area contributed by atoms with Crippen molar-refractivity contribution in [3.05, 3.63) is 16.5 Å². The summed E-state index contributed by atoms with van der Waals surface area (Å²) in [5.74, 6) is 0. The Morgan fingerprint density at radius 3 is 3.25 bits per heavy atom. The monoisotopic (exact) mass is 129 g/mol. The topological polar surface area (TPSA) is 42.6 Å². The second kappa shape index (κ2) is 2.42. The zero-order valence-electron chi connectivity index (χ0n) is 3.90. The molecule has 0 fully saturated rings. The summed E-state index contributed by atoms with van der Waals surface area (Å²) in [7, 11) is 0. The standard InChI is InChI=1S/C4H3NO2S/c6-3-5-4-7-1-2-8-4/h1-3H. The van der Waals surface area contributed by atoms with Gasteiger partial charge in [0.2, 0.25) is 6.41 Å². The molecule has 1 rings (SSSR count). The van der Waals surface area contributed by atoms with E-state index in [0.717, 1.165) is 0 Å². The number of hydrogen-bond acceptors (Lipinski definition) is 3. The maximum absolute atomic E-state index is 9.65. The molecule has 1 amide bonds. The van der Waals surface area contributed by atoms with E-state index < -0.39 is 0 Å². The molecule has 0 aliphatic rings. The number of amides is 1. The summed E-state index contributed by atoms with van der Waals surface area (Å²) >= 11 is 1.28. The lowest BCUT2D eigenvalue weighted by Crippen LogP contribution is -1.87. The van der Waals surface area contributed by atoms with Crippen molar-refractivity contribution in [2.24, 2.45) is 4.99 Å². The fourth-order valence-electron chi connectivity index (χ4n) is 0.304. The van der Waals surface area contributed by atoms with Gasteiger partial charge in [0.1, 0.15) is 6.26 Å². The van der Waals surface area contributed by atoms with Crippen LogP contribution in [0, 0.1) is 0 Å². The average Bonchev–Trinajstić information content (AvgIpc) is 2.19. The van der Waals surface area contributed by atoms with Gasteiger partial charge in [0, 0.05) is 5.38 Å². The maximum Gasteiger partial charge on any atom is 0.281 e. The van der Waals surface area contributed by atoms with Crippen molar-refractivity contribution in [2.75, 3.05) is 0 Å². The van der Waals surface area contributed by atoms with Crippen LogP contribution in [0.5, 0.6) is 0 Å². The fraction of sp³-hybridized carbons (Fsp3) is 0. The van der Waals surface area contributed by atoms with Gasteiger partial charge in [-0.1, -0.05) is 11.3 Å². The van der Waals surface area contributed by atoms with Crippen LogP contribution in [-0.4, -0.2) is 6.41 Å². The average molecular weight is 129 g/mol. The normalized spacial score (nSPS) is 11.8. The summed E-state index contributed by atoms with van der Waals surface area (Å²) in [4.78, 5) is 13.4. The highest BCUT2D eigenvalue weighted by Crippen LogP contribution is 1.83. The van der Waals surface area contributed by atoms with E-state index in [4.69, 9.17) is 4.42 Å². The Morgan fingerprint density at radius 2 is 2.75 bits per heavy atom. The van der Waals surface area contributed by atoms with Crippen molar-refractivity contribution >= 4 is 17.7 Å². The summed E-state index contributed by atoms with van der Waals surface area (Å²) < 4.78 is 4.69. The molecular weight excluding hydrogens is 126 g/mol. The summed E-state index contributed by atoms with van der Waals surface area (Å²) in [5, 5.41) is 1.71. The Morgan fingerprint density at radius 1 is 1.88 bits per heavy atom. The summed E-state index contributed by atoms with van der Waals surface area (Å²) in [5.41, 5.74) is 0. The number of carbonyl (C=O) groups is 1. The quantitative estimate of drug-likeness (QED) is 0.515. The highest BCUT2D eigenvalue weighted by molar-refractivity contribution is 7.06. The fourth-order valence-corrected chi connectivity index (χ4v) is 0.746. The molecule has 0 bridgehead atoms. The summed E-state index contributed by atoms with van der Waals surface area (Å²) in [6.07, 6.45) is 1.93. The third kappa shape index (κ3) is 1.04. The molecule has 4 heteroatoms. The van der Waals surface area contributed by atoms with Gasteiger partial charge < -0.3 is 4.42 Å². The smallest absolute Gasteiger partial charge is 0.281 e. The largest absolute Gasteiger partial charge is 0.438 e. The minimum Gasteiger partial charge on any atom is -0.438 e. The van der Waals surface area contributed by atoms with E-state index >= 15 is 0 Å². The van der Waals surface area contributed by atoms with Gasteiger partial charge >= 0.3 is 0 Å². The van der Waals surface area contributed by atoms with Crippen molar-refractivity contribution in [1.29, 1.82) is 0 Å². The van der Waals surface area contributed by atoms with Crippen LogP contribution < -0.4 is 4.87 Å². The first-order chi connectivity index (χ1) is 3.93. The molecule has 0 spiro atoms. The Labute approximate surface area is 49.3 Å². The predicted molar refractivity (Wildman–Crippen MR) is 28.2 cm³/mol. The van der Waals surface area contributed by atoms with Gasteiger partial charge in [0.05, 0.1) is 0 Å². The Bertz CT molecular complexity index is 207. The van der Waals surface area contributed by atoms with Crippen LogP contribution in [0.4, 0.5) is 0 Å². The summed E-state index contributed by atoms with van der Waals surface area (Å²) in [6.45, 7) is 0. The Kier molecular flexibility index (Phi) is 1.58. The molecule has 0 unspecified atom stereocenters. The van der Waals surface area contributed by atoms with Crippen LogP contribution >= 0.6 is 11.3 Å². The lowest BCUT2D eigenvalue weighted by Gasteiger charge is -1.62. The third-order valence-electron chi connectivity index (χ3n) is 0.551. The number of nitrogens with zero attached hydrogens (tertiary/aromatic N) is 1. The van der Waals surface area contributed by atoms with Crippen LogP contribution in [0.3, 0.4) is 0 Å². The van der Waals surface area contributed by atoms with Gasteiger partial charge in [-0.05, 0) is 0 Å².